The number of morpholine rings is 1. The van der Waals surface area contributed by atoms with Crippen molar-refractivity contribution in [3.05, 3.63) is 53.3 Å². The number of nitrogens with one attached hydrogen (secondary N) is 1. The van der Waals surface area contributed by atoms with E-state index in [-0.39, 0.29) is 6.61 Å². The molecule has 1 aliphatic rings. The van der Waals surface area contributed by atoms with Gasteiger partial charge < -0.3 is 9.84 Å². The molecule has 2 N–H and O–H groups in total. The van der Waals surface area contributed by atoms with Gasteiger partial charge in [0.15, 0.2) is 0 Å². The van der Waals surface area contributed by atoms with E-state index >= 15 is 0 Å². The molecule has 3 rings (SSSR count). The summed E-state index contributed by atoms with van der Waals surface area (Å²) in [6, 6.07) is 10.4. The predicted octanol–water partition coefficient (Wildman–Crippen LogP) is 1.52. The first kappa shape index (κ1) is 15.2. The van der Waals surface area contributed by atoms with Crippen molar-refractivity contribution in [2.75, 3.05) is 26.3 Å². The van der Waals surface area contributed by atoms with E-state index in [1.807, 2.05) is 6.07 Å². The van der Waals surface area contributed by atoms with Gasteiger partial charge in [-0.2, -0.15) is 5.10 Å². The Balaban J connectivity index is 1.69. The molecule has 1 atom stereocenters. The lowest BCUT2D eigenvalue weighted by atomic mass is 9.92. The van der Waals surface area contributed by atoms with Crippen LogP contribution in [0.4, 0.5) is 0 Å². The molecule has 0 spiro atoms. The first-order valence-electron chi connectivity index (χ1n) is 7.70. The maximum atomic E-state index is 9.93. The molecule has 0 radical (unpaired) electrons. The van der Waals surface area contributed by atoms with Gasteiger partial charge in [0.05, 0.1) is 13.2 Å². The second-order valence-electron chi connectivity index (χ2n) is 6.14. The van der Waals surface area contributed by atoms with Crippen LogP contribution in [0, 0.1) is 6.92 Å². The van der Waals surface area contributed by atoms with Crippen LogP contribution in [0.1, 0.15) is 16.8 Å². The quantitative estimate of drug-likeness (QED) is 0.879. The van der Waals surface area contributed by atoms with E-state index in [0.717, 1.165) is 31.7 Å². The number of ether oxygens (including phenoxy) is 1. The zero-order valence-corrected chi connectivity index (χ0v) is 13.0. The fourth-order valence-corrected chi connectivity index (χ4v) is 3.01. The maximum absolute atomic E-state index is 9.93. The molecular weight excluding hydrogens is 278 g/mol. The number of H-pyrrole nitrogens is 1. The van der Waals surface area contributed by atoms with Crippen molar-refractivity contribution < 1.29 is 9.84 Å². The molecule has 1 aromatic carbocycles. The molecule has 118 valence electrons. The van der Waals surface area contributed by atoms with E-state index in [9.17, 15) is 5.11 Å². The summed E-state index contributed by atoms with van der Waals surface area (Å²) in [5, 5.41) is 16.9. The van der Waals surface area contributed by atoms with E-state index in [4.69, 9.17) is 4.74 Å². The summed E-state index contributed by atoms with van der Waals surface area (Å²) in [6.45, 7) is 5.14. The molecule has 22 heavy (non-hydrogen) atoms. The number of nitrogens with zero attached hydrogens (tertiary/aromatic N) is 2. The number of benzene rings is 1. The number of rotatable bonds is 5. The summed E-state index contributed by atoms with van der Waals surface area (Å²) < 4.78 is 5.98. The smallest absolute Gasteiger partial charge is 0.108 e. The van der Waals surface area contributed by atoms with Gasteiger partial charge in [0.1, 0.15) is 5.60 Å². The lowest BCUT2D eigenvalue weighted by Gasteiger charge is -2.41. The molecule has 1 aromatic heterocycles. The summed E-state index contributed by atoms with van der Waals surface area (Å²) in [6.07, 6.45) is 2.49. The highest BCUT2D eigenvalue weighted by Gasteiger charge is 2.36. The number of hydrogen-bond acceptors (Lipinski definition) is 4. The average molecular weight is 301 g/mol. The van der Waals surface area contributed by atoms with E-state index in [1.165, 1.54) is 11.1 Å². The van der Waals surface area contributed by atoms with Crippen LogP contribution < -0.4 is 0 Å². The second-order valence-corrected chi connectivity index (χ2v) is 6.14. The number of aromatic nitrogens is 2. The molecule has 0 amide bonds. The van der Waals surface area contributed by atoms with Crippen LogP contribution >= 0.6 is 0 Å². The zero-order valence-electron chi connectivity index (χ0n) is 13.0. The molecular formula is C17H23N3O2. The first-order chi connectivity index (χ1) is 10.7. The lowest BCUT2D eigenvalue weighted by Crippen LogP contribution is -2.55. The Bertz CT molecular complexity index is 582. The van der Waals surface area contributed by atoms with Gasteiger partial charge in [-0.3, -0.25) is 10.00 Å². The standard InChI is InChI=1S/C17H23N3O2/c1-14-2-4-15(5-3-14)10-17(13-21)12-20(8-9-22-17)11-16-6-7-18-19-16/h2-7,21H,8-13H2,1H3,(H,18,19)/t17-/m1/s1. The zero-order chi connectivity index (χ0) is 15.4. The molecule has 0 saturated carbocycles. The molecule has 0 bridgehead atoms. The first-order valence-corrected chi connectivity index (χ1v) is 7.70. The SMILES string of the molecule is Cc1ccc(C[C@]2(CO)CN(Cc3ccn[nH]3)CCO2)cc1. The van der Waals surface area contributed by atoms with Crippen molar-refractivity contribution >= 4 is 0 Å². The van der Waals surface area contributed by atoms with Crippen molar-refractivity contribution in [3.63, 3.8) is 0 Å². The van der Waals surface area contributed by atoms with E-state index in [1.54, 1.807) is 6.20 Å². The molecule has 0 unspecified atom stereocenters. The Morgan fingerprint density at radius 2 is 2.14 bits per heavy atom. The summed E-state index contributed by atoms with van der Waals surface area (Å²) >= 11 is 0. The monoisotopic (exact) mass is 301 g/mol. The van der Waals surface area contributed by atoms with Crippen molar-refractivity contribution in [1.29, 1.82) is 0 Å². The van der Waals surface area contributed by atoms with Crippen LogP contribution in [0.3, 0.4) is 0 Å². The highest BCUT2D eigenvalue weighted by atomic mass is 16.5. The van der Waals surface area contributed by atoms with Gasteiger partial charge in [0, 0.05) is 37.9 Å². The molecule has 2 heterocycles. The Morgan fingerprint density at radius 3 is 2.82 bits per heavy atom. The summed E-state index contributed by atoms with van der Waals surface area (Å²) in [7, 11) is 0. The Morgan fingerprint density at radius 1 is 1.32 bits per heavy atom. The topological polar surface area (TPSA) is 61.4 Å². The maximum Gasteiger partial charge on any atom is 0.108 e. The molecule has 2 aromatic rings. The van der Waals surface area contributed by atoms with Crippen molar-refractivity contribution in [2.24, 2.45) is 0 Å². The molecule has 1 fully saturated rings. The van der Waals surface area contributed by atoms with Crippen LogP contribution in [-0.2, 0) is 17.7 Å². The van der Waals surface area contributed by atoms with Crippen LogP contribution in [-0.4, -0.2) is 52.1 Å². The largest absolute Gasteiger partial charge is 0.393 e. The van der Waals surface area contributed by atoms with Crippen LogP contribution in [0.15, 0.2) is 36.5 Å². The molecule has 1 saturated heterocycles. The second kappa shape index (κ2) is 6.60. The Hall–Kier alpha value is -1.69. The van der Waals surface area contributed by atoms with Gasteiger partial charge in [-0.05, 0) is 18.6 Å². The van der Waals surface area contributed by atoms with E-state index < -0.39 is 5.60 Å². The van der Waals surface area contributed by atoms with E-state index in [2.05, 4.69) is 46.3 Å². The molecule has 5 heteroatoms. The van der Waals surface area contributed by atoms with Gasteiger partial charge in [-0.25, -0.2) is 0 Å². The number of aliphatic hydroxyl groups is 1. The fraction of sp³-hybridized carbons (Fsp3) is 0.471. The Kier molecular flexibility index (Phi) is 4.57. The minimum atomic E-state index is -0.520. The minimum Gasteiger partial charge on any atom is -0.393 e. The third-order valence-electron chi connectivity index (χ3n) is 4.21. The number of hydrogen-bond donors (Lipinski definition) is 2. The van der Waals surface area contributed by atoms with Crippen molar-refractivity contribution in [2.45, 2.75) is 25.5 Å². The van der Waals surface area contributed by atoms with Gasteiger partial charge >= 0.3 is 0 Å². The highest BCUT2D eigenvalue weighted by Crippen LogP contribution is 2.24. The molecule has 1 aliphatic heterocycles. The third-order valence-corrected chi connectivity index (χ3v) is 4.21. The number of aryl methyl sites for hydroxylation is 1. The van der Waals surface area contributed by atoms with E-state index in [0.29, 0.717) is 6.61 Å². The molecule has 0 aliphatic carbocycles. The minimum absolute atomic E-state index is 0.0281. The van der Waals surface area contributed by atoms with Gasteiger partial charge in [0.25, 0.3) is 0 Å². The van der Waals surface area contributed by atoms with Crippen molar-refractivity contribution in [1.82, 2.24) is 15.1 Å². The number of aromatic amines is 1. The summed E-state index contributed by atoms with van der Waals surface area (Å²) in [5.74, 6) is 0. The number of aliphatic hydroxyl groups excluding tert-OH is 1. The fourth-order valence-electron chi connectivity index (χ4n) is 3.01. The lowest BCUT2D eigenvalue weighted by molar-refractivity contribution is -0.134. The van der Waals surface area contributed by atoms with Gasteiger partial charge in [-0.1, -0.05) is 29.8 Å². The third kappa shape index (κ3) is 3.55. The van der Waals surface area contributed by atoms with Gasteiger partial charge in [0.2, 0.25) is 0 Å². The van der Waals surface area contributed by atoms with Crippen molar-refractivity contribution in [3.8, 4) is 0 Å². The highest BCUT2D eigenvalue weighted by molar-refractivity contribution is 5.23. The molecule has 5 nitrogen and oxygen atoms in total. The normalized spacial score (nSPS) is 22.8. The predicted molar refractivity (Wildman–Crippen MR) is 84.5 cm³/mol. The Labute approximate surface area is 130 Å². The van der Waals surface area contributed by atoms with Crippen LogP contribution in [0.25, 0.3) is 0 Å². The average Bonchev–Trinajstić information content (AvgIpc) is 3.03. The van der Waals surface area contributed by atoms with Crippen LogP contribution in [0.5, 0.6) is 0 Å². The summed E-state index contributed by atoms with van der Waals surface area (Å²) in [4.78, 5) is 2.31. The van der Waals surface area contributed by atoms with Crippen LogP contribution in [0.2, 0.25) is 0 Å². The van der Waals surface area contributed by atoms with Gasteiger partial charge in [-0.15, -0.1) is 0 Å². The summed E-state index contributed by atoms with van der Waals surface area (Å²) in [5.41, 5.74) is 3.01.